The van der Waals surface area contributed by atoms with Gasteiger partial charge in [-0.1, -0.05) is 13.8 Å². The van der Waals surface area contributed by atoms with Gasteiger partial charge in [-0.05, 0) is 26.1 Å². The molecular weight excluding hydrogens is 217 g/mol. The largest absolute Gasteiger partial charge is 0.309 e. The van der Waals surface area contributed by atoms with Gasteiger partial charge in [0.25, 0.3) is 0 Å². The maximum absolute atomic E-state index is 13.3. The maximum atomic E-state index is 13.3. The Kier molecular flexibility index (Phi) is 6.08. The summed E-state index contributed by atoms with van der Waals surface area (Å²) in [7, 11) is 0. The molecule has 1 rings (SSSR count). The smallest absolute Gasteiger partial charge is 0.145 e. The van der Waals surface area contributed by atoms with Gasteiger partial charge in [0.1, 0.15) is 5.82 Å². The van der Waals surface area contributed by atoms with E-state index in [1.807, 2.05) is 0 Å². The van der Waals surface area contributed by atoms with E-state index in [1.165, 1.54) is 6.20 Å². The second kappa shape index (κ2) is 7.35. The van der Waals surface area contributed by atoms with Crippen molar-refractivity contribution < 1.29 is 4.39 Å². The summed E-state index contributed by atoms with van der Waals surface area (Å²) in [6, 6.07) is 2.06. The predicted octanol–water partition coefficient (Wildman–Crippen LogP) is 2.04. The lowest BCUT2D eigenvalue weighted by molar-refractivity contribution is 0.270. The lowest BCUT2D eigenvalue weighted by atomic mass is 10.2. The standard InChI is InChI=1S/C13H22FN3/c1-4-17(5-2)10-11(3)16-8-12-6-7-15-9-13(12)14/h6-7,9,11,16H,4-5,8,10H2,1-3H3. The number of likely N-dealkylation sites (N-methyl/N-ethyl adjacent to an activating group) is 1. The second-order valence-electron chi connectivity index (χ2n) is 4.23. The zero-order valence-corrected chi connectivity index (χ0v) is 10.9. The Morgan fingerprint density at radius 1 is 1.41 bits per heavy atom. The molecular formula is C13H22FN3. The van der Waals surface area contributed by atoms with E-state index in [2.05, 4.69) is 36.0 Å². The summed E-state index contributed by atoms with van der Waals surface area (Å²) in [5.74, 6) is -0.241. The number of hydrogen-bond donors (Lipinski definition) is 1. The fourth-order valence-electron chi connectivity index (χ4n) is 1.77. The van der Waals surface area contributed by atoms with Crippen LogP contribution in [0.15, 0.2) is 18.5 Å². The van der Waals surface area contributed by atoms with E-state index in [1.54, 1.807) is 12.3 Å². The van der Waals surface area contributed by atoms with E-state index in [4.69, 9.17) is 0 Å². The molecule has 4 heteroatoms. The summed E-state index contributed by atoms with van der Waals surface area (Å²) in [4.78, 5) is 6.08. The first-order chi connectivity index (χ1) is 8.17. The van der Waals surface area contributed by atoms with Crippen molar-refractivity contribution in [2.75, 3.05) is 19.6 Å². The van der Waals surface area contributed by atoms with Crippen LogP contribution in [0.3, 0.4) is 0 Å². The van der Waals surface area contributed by atoms with Gasteiger partial charge in [0, 0.05) is 30.9 Å². The molecule has 1 atom stereocenters. The van der Waals surface area contributed by atoms with E-state index in [0.717, 1.165) is 19.6 Å². The fraction of sp³-hybridized carbons (Fsp3) is 0.615. The van der Waals surface area contributed by atoms with Crippen molar-refractivity contribution in [3.63, 3.8) is 0 Å². The second-order valence-corrected chi connectivity index (χ2v) is 4.23. The van der Waals surface area contributed by atoms with Crippen molar-refractivity contribution in [1.29, 1.82) is 0 Å². The Bertz CT molecular complexity index is 326. The first-order valence-electron chi connectivity index (χ1n) is 6.21. The molecule has 1 N–H and O–H groups in total. The van der Waals surface area contributed by atoms with Gasteiger partial charge in [-0.2, -0.15) is 0 Å². The van der Waals surface area contributed by atoms with Crippen molar-refractivity contribution in [1.82, 2.24) is 15.2 Å². The van der Waals surface area contributed by atoms with E-state index < -0.39 is 0 Å². The molecule has 1 unspecified atom stereocenters. The van der Waals surface area contributed by atoms with Crippen LogP contribution in [0.25, 0.3) is 0 Å². The third kappa shape index (κ3) is 4.79. The molecule has 3 nitrogen and oxygen atoms in total. The molecule has 0 aliphatic carbocycles. The molecule has 0 aromatic carbocycles. The minimum absolute atomic E-state index is 0.241. The van der Waals surface area contributed by atoms with Crippen LogP contribution in [0.2, 0.25) is 0 Å². The molecule has 96 valence electrons. The van der Waals surface area contributed by atoms with Crippen LogP contribution in [0.1, 0.15) is 26.3 Å². The molecule has 0 saturated carbocycles. The predicted molar refractivity (Wildman–Crippen MR) is 68.3 cm³/mol. The number of nitrogens with one attached hydrogen (secondary N) is 1. The normalized spacial score (nSPS) is 13.0. The summed E-state index contributed by atoms with van der Waals surface area (Å²) >= 11 is 0. The summed E-state index contributed by atoms with van der Waals surface area (Å²) in [5.41, 5.74) is 0.673. The highest BCUT2D eigenvalue weighted by atomic mass is 19.1. The van der Waals surface area contributed by atoms with Crippen LogP contribution < -0.4 is 5.32 Å². The molecule has 0 aliphatic rings. The minimum atomic E-state index is -0.241. The summed E-state index contributed by atoms with van der Waals surface area (Å²) in [6.07, 6.45) is 2.88. The van der Waals surface area contributed by atoms with Crippen molar-refractivity contribution in [3.05, 3.63) is 29.8 Å². The third-order valence-corrected chi connectivity index (χ3v) is 2.92. The molecule has 0 amide bonds. The molecule has 1 aromatic heterocycles. The number of hydrogen-bond acceptors (Lipinski definition) is 3. The van der Waals surface area contributed by atoms with Gasteiger partial charge in [-0.25, -0.2) is 4.39 Å². The van der Waals surface area contributed by atoms with Crippen LogP contribution in [-0.4, -0.2) is 35.6 Å². The zero-order valence-electron chi connectivity index (χ0n) is 10.9. The Morgan fingerprint density at radius 2 is 2.12 bits per heavy atom. The van der Waals surface area contributed by atoms with E-state index >= 15 is 0 Å². The quantitative estimate of drug-likeness (QED) is 0.789. The van der Waals surface area contributed by atoms with Crippen molar-refractivity contribution in [2.45, 2.75) is 33.4 Å². The average Bonchev–Trinajstić information content (AvgIpc) is 2.35. The van der Waals surface area contributed by atoms with Gasteiger partial charge < -0.3 is 10.2 Å². The lowest BCUT2D eigenvalue weighted by Crippen LogP contribution is -2.38. The molecule has 0 spiro atoms. The van der Waals surface area contributed by atoms with Crippen molar-refractivity contribution >= 4 is 0 Å². The van der Waals surface area contributed by atoms with Gasteiger partial charge in [-0.15, -0.1) is 0 Å². The molecule has 0 aliphatic heterocycles. The van der Waals surface area contributed by atoms with Crippen LogP contribution in [0, 0.1) is 5.82 Å². The van der Waals surface area contributed by atoms with Gasteiger partial charge >= 0.3 is 0 Å². The first kappa shape index (κ1) is 14.1. The summed E-state index contributed by atoms with van der Waals surface area (Å²) < 4.78 is 13.3. The Balaban J connectivity index is 2.38. The molecule has 0 radical (unpaired) electrons. The number of aromatic nitrogens is 1. The van der Waals surface area contributed by atoms with Gasteiger partial charge in [-0.3, -0.25) is 4.98 Å². The number of halogens is 1. The van der Waals surface area contributed by atoms with Crippen LogP contribution in [-0.2, 0) is 6.54 Å². The van der Waals surface area contributed by atoms with Crippen LogP contribution >= 0.6 is 0 Å². The highest BCUT2D eigenvalue weighted by Crippen LogP contribution is 2.04. The Labute approximate surface area is 103 Å². The molecule has 0 saturated heterocycles. The van der Waals surface area contributed by atoms with E-state index in [0.29, 0.717) is 18.2 Å². The minimum Gasteiger partial charge on any atom is -0.309 e. The van der Waals surface area contributed by atoms with Crippen molar-refractivity contribution in [3.8, 4) is 0 Å². The highest BCUT2D eigenvalue weighted by molar-refractivity contribution is 5.12. The van der Waals surface area contributed by atoms with Crippen LogP contribution in [0.5, 0.6) is 0 Å². The average molecular weight is 239 g/mol. The van der Waals surface area contributed by atoms with E-state index in [9.17, 15) is 4.39 Å². The maximum Gasteiger partial charge on any atom is 0.145 e. The molecule has 1 aromatic rings. The third-order valence-electron chi connectivity index (χ3n) is 2.92. The fourth-order valence-corrected chi connectivity index (χ4v) is 1.77. The van der Waals surface area contributed by atoms with Gasteiger partial charge in [0.05, 0.1) is 6.20 Å². The Hall–Kier alpha value is -1.00. The highest BCUT2D eigenvalue weighted by Gasteiger charge is 2.07. The first-order valence-corrected chi connectivity index (χ1v) is 6.21. The molecule has 1 heterocycles. The van der Waals surface area contributed by atoms with E-state index in [-0.39, 0.29) is 5.82 Å². The number of nitrogens with zero attached hydrogens (tertiary/aromatic N) is 2. The molecule has 0 fully saturated rings. The van der Waals surface area contributed by atoms with Gasteiger partial charge in [0.2, 0.25) is 0 Å². The zero-order chi connectivity index (χ0) is 12.7. The summed E-state index contributed by atoms with van der Waals surface area (Å²) in [5, 5.41) is 3.33. The summed E-state index contributed by atoms with van der Waals surface area (Å²) in [6.45, 7) is 10.1. The Morgan fingerprint density at radius 3 is 2.71 bits per heavy atom. The lowest BCUT2D eigenvalue weighted by Gasteiger charge is -2.23. The van der Waals surface area contributed by atoms with Gasteiger partial charge in [0.15, 0.2) is 0 Å². The topological polar surface area (TPSA) is 28.2 Å². The van der Waals surface area contributed by atoms with Crippen molar-refractivity contribution in [2.24, 2.45) is 0 Å². The molecule has 17 heavy (non-hydrogen) atoms. The molecule has 0 bridgehead atoms. The number of rotatable bonds is 7. The van der Waals surface area contributed by atoms with Crippen LogP contribution in [0.4, 0.5) is 4.39 Å². The SMILES string of the molecule is CCN(CC)CC(C)NCc1ccncc1F. The number of pyridine rings is 1. The monoisotopic (exact) mass is 239 g/mol.